The van der Waals surface area contributed by atoms with E-state index in [9.17, 15) is 14.7 Å². The molecule has 0 aliphatic rings. The summed E-state index contributed by atoms with van der Waals surface area (Å²) in [7, 11) is 3.44. The van der Waals surface area contributed by atoms with Gasteiger partial charge in [0.25, 0.3) is 11.5 Å². The molecule has 0 aliphatic heterocycles. The van der Waals surface area contributed by atoms with Crippen LogP contribution < -0.4 is 16.6 Å². The quantitative estimate of drug-likeness (QED) is 0.280. The monoisotopic (exact) mass is 556 g/mol. The summed E-state index contributed by atoms with van der Waals surface area (Å²) in [6, 6.07) is 21.0. The average Bonchev–Trinajstić information content (AvgIpc) is 2.94. The molecular weight excluding hydrogens is 524 g/mol. The fourth-order valence-electron chi connectivity index (χ4n) is 4.84. The minimum Gasteiger partial charge on any atom is -0.403 e. The molecule has 4 aromatic rings. The number of hydrogen-bond acceptors (Lipinski definition) is 5. The van der Waals surface area contributed by atoms with Crippen LogP contribution in [-0.2, 0) is 12.6 Å². The Bertz CT molecular complexity index is 1670. The molecule has 8 heteroatoms. The molecular formula is C32H33ClN4O3. The van der Waals surface area contributed by atoms with Crippen molar-refractivity contribution in [2.75, 3.05) is 7.05 Å². The van der Waals surface area contributed by atoms with Gasteiger partial charge in [0, 0.05) is 48.4 Å². The van der Waals surface area contributed by atoms with Crippen molar-refractivity contribution in [3.63, 3.8) is 0 Å². The van der Waals surface area contributed by atoms with Crippen LogP contribution in [-0.4, -0.2) is 33.6 Å². The Hall–Kier alpha value is -4.33. The zero-order valence-electron chi connectivity index (χ0n) is 23.0. The summed E-state index contributed by atoms with van der Waals surface area (Å²) in [5.74, 6) is -0.208. The number of aromatic nitrogens is 1. The van der Waals surface area contributed by atoms with Crippen LogP contribution in [0, 0.1) is 0 Å². The Balaban J connectivity index is 1.99. The second-order valence-corrected chi connectivity index (χ2v) is 10.4. The minimum absolute atomic E-state index is 0.0145. The van der Waals surface area contributed by atoms with E-state index >= 15 is 0 Å². The molecule has 0 fully saturated rings. The third-order valence-corrected chi connectivity index (χ3v) is 7.20. The number of carbonyl (C=O) groups excluding carboxylic acids is 1. The summed E-state index contributed by atoms with van der Waals surface area (Å²) < 4.78 is 1.56. The second kappa shape index (κ2) is 11.4. The fourth-order valence-corrected chi connectivity index (χ4v) is 5.03. The summed E-state index contributed by atoms with van der Waals surface area (Å²) >= 11 is 6.29. The number of carbonyl (C=O) groups is 1. The molecule has 3 aromatic carbocycles. The Kier molecular flexibility index (Phi) is 8.18. The summed E-state index contributed by atoms with van der Waals surface area (Å²) in [6.45, 7) is 7.62. The van der Waals surface area contributed by atoms with Crippen LogP contribution in [0.25, 0.3) is 22.0 Å². The van der Waals surface area contributed by atoms with Crippen molar-refractivity contribution in [2.24, 2.45) is 12.8 Å². The summed E-state index contributed by atoms with van der Waals surface area (Å²) in [4.78, 5) is 27.1. The first-order valence-corrected chi connectivity index (χ1v) is 13.2. The normalized spacial score (nSPS) is 13.2. The van der Waals surface area contributed by atoms with E-state index in [4.69, 9.17) is 17.3 Å². The van der Waals surface area contributed by atoms with Crippen LogP contribution in [0.3, 0.4) is 0 Å². The fraction of sp³-hybridized carbons (Fsp3) is 0.188. The number of nitrogens with two attached hydrogens (primary N) is 1. The molecule has 0 spiro atoms. The zero-order valence-corrected chi connectivity index (χ0v) is 23.7. The molecule has 4 rings (SSSR count). The van der Waals surface area contributed by atoms with E-state index in [0.717, 1.165) is 10.9 Å². The molecule has 1 heterocycles. The van der Waals surface area contributed by atoms with Crippen molar-refractivity contribution in [2.45, 2.75) is 25.5 Å². The molecule has 7 nitrogen and oxygen atoms in total. The lowest BCUT2D eigenvalue weighted by Crippen LogP contribution is -2.37. The number of fused-ring (bicyclic) bond motifs is 1. The van der Waals surface area contributed by atoms with Crippen molar-refractivity contribution in [3.05, 3.63) is 130 Å². The molecule has 206 valence electrons. The highest BCUT2D eigenvalue weighted by molar-refractivity contribution is 6.30. The van der Waals surface area contributed by atoms with Gasteiger partial charge in [0.05, 0.1) is 11.2 Å². The number of benzene rings is 3. The predicted molar refractivity (Wildman–Crippen MR) is 162 cm³/mol. The summed E-state index contributed by atoms with van der Waals surface area (Å²) in [6.07, 6.45) is 2.89. The molecule has 4 N–H and O–H groups in total. The van der Waals surface area contributed by atoms with Crippen LogP contribution >= 0.6 is 11.6 Å². The molecule has 0 saturated carbocycles. The number of halogens is 1. The smallest absolute Gasteiger partial charge is 0.251 e. The van der Waals surface area contributed by atoms with Crippen LogP contribution in [0.5, 0.6) is 0 Å². The molecule has 0 radical (unpaired) electrons. The van der Waals surface area contributed by atoms with Crippen molar-refractivity contribution in [1.82, 2.24) is 14.8 Å². The van der Waals surface area contributed by atoms with E-state index in [-0.39, 0.29) is 17.5 Å². The lowest BCUT2D eigenvalue weighted by Gasteiger charge is -2.36. The first-order valence-electron chi connectivity index (χ1n) is 12.8. The molecule has 0 bridgehead atoms. The Morgan fingerprint density at radius 1 is 1.10 bits per heavy atom. The maximum absolute atomic E-state index is 12.9. The number of pyridine rings is 1. The molecule has 1 aromatic heterocycles. The van der Waals surface area contributed by atoms with E-state index in [1.165, 1.54) is 6.20 Å². The Morgan fingerprint density at radius 2 is 1.77 bits per heavy atom. The van der Waals surface area contributed by atoms with Crippen LogP contribution in [0.1, 0.15) is 35.3 Å². The predicted octanol–water partition coefficient (Wildman–Crippen LogP) is 5.11. The van der Waals surface area contributed by atoms with Gasteiger partial charge in [-0.2, -0.15) is 0 Å². The van der Waals surface area contributed by atoms with Gasteiger partial charge in [-0.1, -0.05) is 48.5 Å². The minimum atomic E-state index is -1.74. The van der Waals surface area contributed by atoms with Gasteiger partial charge in [-0.25, -0.2) is 0 Å². The number of nitrogens with one attached hydrogen (secondary N) is 1. The highest BCUT2D eigenvalue weighted by atomic mass is 35.5. The Morgan fingerprint density at radius 3 is 2.38 bits per heavy atom. The van der Waals surface area contributed by atoms with E-state index in [1.54, 1.807) is 84.4 Å². The van der Waals surface area contributed by atoms with Gasteiger partial charge in [-0.05, 0) is 78.7 Å². The first-order chi connectivity index (χ1) is 19.0. The maximum atomic E-state index is 12.9. The number of hydrogen-bond donors (Lipinski definition) is 3. The van der Waals surface area contributed by atoms with E-state index < -0.39 is 5.60 Å². The molecule has 40 heavy (non-hydrogen) atoms. The third kappa shape index (κ3) is 5.26. The van der Waals surface area contributed by atoms with E-state index in [1.807, 2.05) is 32.0 Å². The first kappa shape index (κ1) is 28.7. The summed E-state index contributed by atoms with van der Waals surface area (Å²) in [5, 5.41) is 16.7. The largest absolute Gasteiger partial charge is 0.403 e. The standard InChI is InChI=1S/C32H33ClN4O3/c1-6-36(4)29(19-34)32(40,23-12-10-21(11-13-23)31(39)35-20(2)3)24-14-15-28-27(17-24)26(18-30(38)37(28)5)22-8-7-9-25(33)16-22/h6-20,40H,1,34H2,2-5H3,(H,35,39)/b29-19-. The number of aryl methyl sites for hydroxylation is 1. The van der Waals surface area contributed by atoms with Crippen molar-refractivity contribution >= 4 is 28.4 Å². The zero-order chi connectivity index (χ0) is 29.2. The number of likely N-dealkylation sites (N-methyl/N-ethyl adjacent to an activating group) is 1. The second-order valence-electron chi connectivity index (χ2n) is 9.96. The lowest BCUT2D eigenvalue weighted by molar-refractivity contribution is 0.0935. The van der Waals surface area contributed by atoms with Gasteiger partial charge in [0.15, 0.2) is 5.60 Å². The molecule has 1 atom stereocenters. The molecule has 0 saturated heterocycles. The average molecular weight is 557 g/mol. The highest BCUT2D eigenvalue weighted by Gasteiger charge is 2.38. The van der Waals surface area contributed by atoms with Gasteiger partial charge in [-0.15, -0.1) is 0 Å². The molecule has 1 unspecified atom stereocenters. The van der Waals surface area contributed by atoms with Gasteiger partial charge in [0.1, 0.15) is 0 Å². The van der Waals surface area contributed by atoms with Gasteiger partial charge in [-0.3, -0.25) is 9.59 Å². The highest BCUT2D eigenvalue weighted by Crippen LogP contribution is 2.40. The van der Waals surface area contributed by atoms with Gasteiger partial charge in [0.2, 0.25) is 0 Å². The number of nitrogens with zero attached hydrogens (tertiary/aromatic N) is 2. The number of amides is 1. The van der Waals surface area contributed by atoms with Crippen LogP contribution in [0.15, 0.2) is 102 Å². The third-order valence-electron chi connectivity index (χ3n) is 6.97. The SMILES string of the molecule is C=CN(C)/C(=C\N)C(O)(c1ccc(C(=O)NC(C)C)cc1)c1ccc2c(c1)c(-c1cccc(Cl)c1)cc(=O)n2C. The molecule has 1 amide bonds. The van der Waals surface area contributed by atoms with Crippen LogP contribution in [0.2, 0.25) is 5.02 Å². The van der Waals surface area contributed by atoms with Crippen molar-refractivity contribution in [3.8, 4) is 11.1 Å². The van der Waals surface area contributed by atoms with Gasteiger partial charge >= 0.3 is 0 Å². The lowest BCUT2D eigenvalue weighted by atomic mass is 9.81. The summed E-state index contributed by atoms with van der Waals surface area (Å²) in [5.41, 5.74) is 8.15. The van der Waals surface area contributed by atoms with Gasteiger partial charge < -0.3 is 25.6 Å². The number of rotatable bonds is 8. The van der Waals surface area contributed by atoms with Crippen molar-refractivity contribution in [1.29, 1.82) is 0 Å². The molecule has 0 aliphatic carbocycles. The maximum Gasteiger partial charge on any atom is 0.251 e. The van der Waals surface area contributed by atoms with Crippen molar-refractivity contribution < 1.29 is 9.90 Å². The van der Waals surface area contributed by atoms with E-state index in [2.05, 4.69) is 11.9 Å². The Labute approximate surface area is 238 Å². The van der Waals surface area contributed by atoms with E-state index in [0.29, 0.717) is 38.5 Å². The topological polar surface area (TPSA) is 101 Å². The van der Waals surface area contributed by atoms with Crippen LogP contribution in [0.4, 0.5) is 0 Å². The number of aliphatic hydroxyl groups is 1.